The Morgan fingerprint density at radius 3 is 2.64 bits per heavy atom. The maximum atomic E-state index is 11.5. The van der Waals surface area contributed by atoms with Gasteiger partial charge in [0.1, 0.15) is 10.4 Å². The average molecular weight is 320 g/mol. The van der Waals surface area contributed by atoms with Gasteiger partial charge in [0, 0.05) is 17.8 Å². The molecule has 6 nitrogen and oxygen atoms in total. The fraction of sp³-hybridized carbons (Fsp3) is 0.267. The smallest absolute Gasteiger partial charge is 0.332 e. The lowest BCUT2D eigenvalue weighted by Gasteiger charge is -2.17. The highest BCUT2D eigenvalue weighted by Gasteiger charge is 2.29. The molecule has 0 saturated heterocycles. The third kappa shape index (κ3) is 4.11. The van der Waals surface area contributed by atoms with Gasteiger partial charge in [0.2, 0.25) is 0 Å². The van der Waals surface area contributed by atoms with Gasteiger partial charge in [-0.15, -0.1) is 0 Å². The third-order valence-corrected chi connectivity index (χ3v) is 4.10. The minimum Gasteiger partial charge on any atom is -0.469 e. The summed E-state index contributed by atoms with van der Waals surface area (Å²) in [5.41, 5.74) is 0.955. The lowest BCUT2D eigenvalue weighted by atomic mass is 10.2. The van der Waals surface area contributed by atoms with E-state index in [0.29, 0.717) is 0 Å². The van der Waals surface area contributed by atoms with Gasteiger partial charge in [-0.25, -0.2) is 4.79 Å². The van der Waals surface area contributed by atoms with Crippen LogP contribution in [-0.4, -0.2) is 41.6 Å². The first-order valence-corrected chi connectivity index (χ1v) is 7.44. The largest absolute Gasteiger partial charge is 0.469 e. The zero-order valence-corrected chi connectivity index (χ0v) is 13.1. The lowest BCUT2D eigenvalue weighted by Crippen LogP contribution is -2.23. The second-order valence-electron chi connectivity index (χ2n) is 4.34. The molecule has 0 amide bonds. The van der Waals surface area contributed by atoms with Crippen LogP contribution in [0.2, 0.25) is 0 Å². The normalized spacial score (nSPS) is 17.5. The zero-order valence-electron chi connectivity index (χ0n) is 12.3. The Balaban J connectivity index is 2.18. The van der Waals surface area contributed by atoms with Crippen LogP contribution in [0.5, 0.6) is 0 Å². The monoisotopic (exact) mass is 320 g/mol. The summed E-state index contributed by atoms with van der Waals surface area (Å²) in [4.78, 5) is 22.7. The Morgan fingerprint density at radius 2 is 2.00 bits per heavy atom. The number of rotatable bonds is 5. The molecule has 1 aliphatic rings. The van der Waals surface area contributed by atoms with E-state index in [1.807, 2.05) is 30.3 Å². The van der Waals surface area contributed by atoms with E-state index in [-0.39, 0.29) is 17.8 Å². The Morgan fingerprint density at radius 1 is 1.27 bits per heavy atom. The van der Waals surface area contributed by atoms with Crippen LogP contribution in [0.25, 0.3) is 0 Å². The molecule has 2 rings (SSSR count). The van der Waals surface area contributed by atoms with Crippen LogP contribution >= 0.6 is 11.8 Å². The highest BCUT2D eigenvalue weighted by molar-refractivity contribution is 8.15. The van der Waals surface area contributed by atoms with Gasteiger partial charge in [-0.1, -0.05) is 42.1 Å². The summed E-state index contributed by atoms with van der Waals surface area (Å²) in [5.74, 6) is -0.816. The molecule has 0 radical (unpaired) electrons. The van der Waals surface area contributed by atoms with Crippen LogP contribution in [0.4, 0.5) is 0 Å². The maximum Gasteiger partial charge on any atom is 0.332 e. The van der Waals surface area contributed by atoms with Gasteiger partial charge in [-0.2, -0.15) is 5.10 Å². The average Bonchev–Trinajstić information content (AvgIpc) is 2.96. The SMILES string of the molecule is COC(=O)/C=C/N1N=C(c2ccccc2)SC1CC(=O)OC. The van der Waals surface area contributed by atoms with Crippen molar-refractivity contribution in [1.29, 1.82) is 0 Å². The summed E-state index contributed by atoms with van der Waals surface area (Å²) in [5, 5.41) is 6.54. The van der Waals surface area contributed by atoms with E-state index in [1.165, 1.54) is 38.3 Å². The van der Waals surface area contributed by atoms with E-state index < -0.39 is 5.97 Å². The molecular weight excluding hydrogens is 304 g/mol. The molecule has 1 aromatic carbocycles. The third-order valence-electron chi connectivity index (χ3n) is 2.90. The Kier molecular flexibility index (Phi) is 5.60. The molecule has 0 saturated carbocycles. The standard InChI is InChI=1S/C15H16N2O4S/c1-20-13(18)8-9-17-12(10-14(19)21-2)22-15(16-17)11-6-4-3-5-7-11/h3-9,12H,10H2,1-2H3/b9-8+. The molecule has 7 heteroatoms. The molecule has 0 aliphatic carbocycles. The predicted octanol–water partition coefficient (Wildman–Crippen LogP) is 1.97. The minimum absolute atomic E-state index is 0.159. The van der Waals surface area contributed by atoms with Crippen molar-refractivity contribution in [2.24, 2.45) is 5.10 Å². The summed E-state index contributed by atoms with van der Waals surface area (Å²) in [7, 11) is 2.64. The van der Waals surface area contributed by atoms with Gasteiger partial charge in [-0.05, 0) is 0 Å². The van der Waals surface area contributed by atoms with E-state index in [1.54, 1.807) is 5.01 Å². The van der Waals surface area contributed by atoms with E-state index in [0.717, 1.165) is 10.6 Å². The summed E-state index contributed by atoms with van der Waals surface area (Å²) < 4.78 is 9.26. The molecule has 1 aromatic rings. The van der Waals surface area contributed by atoms with Crippen molar-refractivity contribution >= 4 is 28.7 Å². The fourth-order valence-electron chi connectivity index (χ4n) is 1.78. The van der Waals surface area contributed by atoms with Crippen molar-refractivity contribution in [2.45, 2.75) is 11.8 Å². The molecule has 1 aliphatic heterocycles. The molecule has 1 atom stereocenters. The van der Waals surface area contributed by atoms with Gasteiger partial charge >= 0.3 is 11.9 Å². The number of nitrogens with zero attached hydrogens (tertiary/aromatic N) is 2. The van der Waals surface area contributed by atoms with E-state index in [2.05, 4.69) is 9.84 Å². The zero-order chi connectivity index (χ0) is 15.9. The van der Waals surface area contributed by atoms with Crippen molar-refractivity contribution in [3.63, 3.8) is 0 Å². The topological polar surface area (TPSA) is 68.2 Å². The van der Waals surface area contributed by atoms with E-state index in [4.69, 9.17) is 4.74 Å². The maximum absolute atomic E-state index is 11.5. The number of ether oxygens (including phenoxy) is 2. The number of hydrazone groups is 1. The number of thioether (sulfide) groups is 1. The van der Waals surface area contributed by atoms with Crippen LogP contribution in [-0.2, 0) is 19.1 Å². The van der Waals surface area contributed by atoms with Gasteiger partial charge < -0.3 is 9.47 Å². The van der Waals surface area contributed by atoms with Crippen LogP contribution in [0, 0.1) is 0 Å². The Labute approximate surface area is 132 Å². The molecule has 0 bridgehead atoms. The fourth-order valence-corrected chi connectivity index (χ4v) is 2.89. The number of methoxy groups -OCH3 is 2. The van der Waals surface area contributed by atoms with Crippen molar-refractivity contribution in [3.05, 3.63) is 48.2 Å². The summed E-state index contributed by atoms with van der Waals surface area (Å²) in [6, 6.07) is 9.63. The summed E-state index contributed by atoms with van der Waals surface area (Å²) in [6.07, 6.45) is 2.93. The van der Waals surface area contributed by atoms with Crippen molar-refractivity contribution < 1.29 is 19.1 Å². The number of carbonyl (C=O) groups is 2. The number of carbonyl (C=O) groups excluding carboxylic acids is 2. The van der Waals surface area contributed by atoms with Crippen LogP contribution in [0.1, 0.15) is 12.0 Å². The van der Waals surface area contributed by atoms with Crippen LogP contribution in [0.15, 0.2) is 47.7 Å². The summed E-state index contributed by atoms with van der Waals surface area (Å²) in [6.45, 7) is 0. The highest BCUT2D eigenvalue weighted by Crippen LogP contribution is 2.32. The van der Waals surface area contributed by atoms with Gasteiger partial charge in [0.25, 0.3) is 0 Å². The number of hydrogen-bond donors (Lipinski definition) is 0. The molecule has 1 unspecified atom stereocenters. The Bertz CT molecular complexity index is 601. The second-order valence-corrected chi connectivity index (χ2v) is 5.51. The predicted molar refractivity (Wildman–Crippen MR) is 84.0 cm³/mol. The molecule has 116 valence electrons. The second kappa shape index (κ2) is 7.65. The summed E-state index contributed by atoms with van der Waals surface area (Å²) >= 11 is 1.45. The number of esters is 2. The first-order chi connectivity index (χ1) is 10.6. The van der Waals surface area contributed by atoms with Crippen LogP contribution < -0.4 is 0 Å². The van der Waals surface area contributed by atoms with Gasteiger partial charge in [-0.3, -0.25) is 9.80 Å². The van der Waals surface area contributed by atoms with Gasteiger partial charge in [0.05, 0.1) is 20.6 Å². The first kappa shape index (κ1) is 16.1. The molecule has 0 fully saturated rings. The van der Waals surface area contributed by atoms with E-state index in [9.17, 15) is 9.59 Å². The number of hydrogen-bond acceptors (Lipinski definition) is 7. The molecule has 1 heterocycles. The Hall–Kier alpha value is -2.28. The van der Waals surface area contributed by atoms with E-state index >= 15 is 0 Å². The van der Waals surface area contributed by atoms with Gasteiger partial charge in [0.15, 0.2) is 0 Å². The molecule has 0 N–H and O–H groups in total. The molecule has 0 aromatic heterocycles. The quantitative estimate of drug-likeness (QED) is 0.610. The molecule has 0 spiro atoms. The van der Waals surface area contributed by atoms with Crippen molar-refractivity contribution in [1.82, 2.24) is 5.01 Å². The van der Waals surface area contributed by atoms with Crippen molar-refractivity contribution in [3.8, 4) is 0 Å². The lowest BCUT2D eigenvalue weighted by molar-refractivity contribution is -0.141. The first-order valence-electron chi connectivity index (χ1n) is 6.56. The molecule has 22 heavy (non-hydrogen) atoms. The minimum atomic E-state index is -0.481. The number of benzene rings is 1. The highest BCUT2D eigenvalue weighted by atomic mass is 32.2. The molecular formula is C15H16N2O4S. The van der Waals surface area contributed by atoms with Crippen LogP contribution in [0.3, 0.4) is 0 Å². The van der Waals surface area contributed by atoms with Crippen molar-refractivity contribution in [2.75, 3.05) is 14.2 Å².